The monoisotopic (exact) mass is 282 g/mol. The first-order valence-electron chi connectivity index (χ1n) is 6.63. The van der Waals surface area contributed by atoms with Gasteiger partial charge in [0.25, 0.3) is 5.88 Å². The van der Waals surface area contributed by atoms with Crippen molar-refractivity contribution in [2.75, 3.05) is 25.1 Å². The van der Waals surface area contributed by atoms with E-state index >= 15 is 0 Å². The normalized spacial score (nSPS) is 18.0. The fraction of sp³-hybridized carbons (Fsp3) is 0.667. The maximum atomic E-state index is 11.2. The maximum absolute atomic E-state index is 11.2. The molecule has 110 valence electrons. The van der Waals surface area contributed by atoms with E-state index < -0.39 is 4.92 Å². The average Bonchev–Trinajstić information content (AvgIpc) is 2.88. The predicted octanol–water partition coefficient (Wildman–Crippen LogP) is 1.68. The largest absolute Gasteiger partial charge is 0.473 e. The minimum atomic E-state index is -0.526. The van der Waals surface area contributed by atoms with E-state index in [1.165, 1.54) is 0 Å². The molecule has 20 heavy (non-hydrogen) atoms. The summed E-state index contributed by atoms with van der Waals surface area (Å²) in [6.45, 7) is 4.96. The van der Waals surface area contributed by atoms with Gasteiger partial charge in [-0.2, -0.15) is 4.98 Å². The summed E-state index contributed by atoms with van der Waals surface area (Å²) in [7, 11) is 0. The van der Waals surface area contributed by atoms with Crippen molar-refractivity contribution in [1.82, 2.24) is 9.97 Å². The minimum absolute atomic E-state index is 0.000148. The molecule has 0 radical (unpaired) electrons. The summed E-state index contributed by atoms with van der Waals surface area (Å²) < 4.78 is 10.7. The summed E-state index contributed by atoms with van der Waals surface area (Å²) >= 11 is 0. The summed E-state index contributed by atoms with van der Waals surface area (Å²) in [6, 6.07) is 0. The Morgan fingerprint density at radius 2 is 2.35 bits per heavy atom. The molecule has 1 aromatic heterocycles. The van der Waals surface area contributed by atoms with E-state index in [1.54, 1.807) is 13.8 Å². The molecule has 1 aromatic rings. The number of nitro groups is 1. The molecule has 0 saturated carbocycles. The van der Waals surface area contributed by atoms with Crippen LogP contribution in [0.3, 0.4) is 0 Å². The first kappa shape index (κ1) is 14.4. The maximum Gasteiger partial charge on any atom is 0.372 e. The second-order valence-electron chi connectivity index (χ2n) is 4.48. The number of ether oxygens (including phenoxy) is 2. The number of rotatable bonds is 6. The minimum Gasteiger partial charge on any atom is -0.473 e. The van der Waals surface area contributed by atoms with Crippen molar-refractivity contribution >= 4 is 11.5 Å². The van der Waals surface area contributed by atoms with Gasteiger partial charge in [0.1, 0.15) is 5.82 Å². The quantitative estimate of drug-likeness (QED) is 0.626. The molecule has 1 aliphatic rings. The Morgan fingerprint density at radius 3 is 2.95 bits per heavy atom. The van der Waals surface area contributed by atoms with Gasteiger partial charge in [-0.3, -0.25) is 10.1 Å². The lowest BCUT2D eigenvalue weighted by Gasteiger charge is -2.13. The van der Waals surface area contributed by atoms with E-state index in [-0.39, 0.29) is 23.5 Å². The third-order valence-corrected chi connectivity index (χ3v) is 2.95. The molecule has 1 N–H and O–H groups in total. The molecular formula is C12H18N4O4. The predicted molar refractivity (Wildman–Crippen MR) is 72.1 cm³/mol. The Morgan fingerprint density at radius 1 is 1.55 bits per heavy atom. The number of aromatic nitrogens is 2. The Balaban J connectivity index is 2.22. The lowest BCUT2D eigenvalue weighted by atomic mass is 10.2. The topological polar surface area (TPSA) is 99.4 Å². The molecule has 1 atom stereocenters. The molecule has 0 bridgehead atoms. The highest BCUT2D eigenvalue weighted by atomic mass is 16.6. The standard InChI is InChI=1S/C12H18N4O4/c1-3-19-12-10(16(17)18)11(14-8(2)15-12)13-7-9-5-4-6-20-9/h9H,3-7H2,1-2H3,(H,13,14,15). The smallest absolute Gasteiger partial charge is 0.372 e. The van der Waals surface area contributed by atoms with Crippen LogP contribution in [-0.2, 0) is 4.74 Å². The molecule has 1 unspecified atom stereocenters. The van der Waals surface area contributed by atoms with Crippen molar-refractivity contribution in [3.05, 3.63) is 15.9 Å². The van der Waals surface area contributed by atoms with Crippen molar-refractivity contribution in [2.24, 2.45) is 0 Å². The molecule has 0 aromatic carbocycles. The van der Waals surface area contributed by atoms with Gasteiger partial charge >= 0.3 is 5.69 Å². The van der Waals surface area contributed by atoms with Crippen molar-refractivity contribution in [3.63, 3.8) is 0 Å². The van der Waals surface area contributed by atoms with Crippen LogP contribution in [0.5, 0.6) is 5.88 Å². The Bertz CT molecular complexity index is 489. The fourth-order valence-corrected chi connectivity index (χ4v) is 2.08. The number of nitrogens with one attached hydrogen (secondary N) is 1. The number of aryl methyl sites for hydroxylation is 1. The number of nitrogens with zero attached hydrogens (tertiary/aromatic N) is 3. The second kappa shape index (κ2) is 6.47. The first-order valence-corrected chi connectivity index (χ1v) is 6.63. The van der Waals surface area contributed by atoms with Gasteiger partial charge in [0.05, 0.1) is 17.6 Å². The number of anilines is 1. The summed E-state index contributed by atoms with van der Waals surface area (Å²) in [5.41, 5.74) is -0.226. The molecule has 0 aliphatic carbocycles. The van der Waals surface area contributed by atoms with Crippen LogP contribution in [0, 0.1) is 17.0 Å². The Hall–Kier alpha value is -1.96. The zero-order valence-corrected chi connectivity index (χ0v) is 11.6. The van der Waals surface area contributed by atoms with Crippen LogP contribution >= 0.6 is 0 Å². The average molecular weight is 282 g/mol. The van der Waals surface area contributed by atoms with Crippen LogP contribution in [0.4, 0.5) is 11.5 Å². The van der Waals surface area contributed by atoms with Crippen LogP contribution < -0.4 is 10.1 Å². The van der Waals surface area contributed by atoms with Gasteiger partial charge in [-0.1, -0.05) is 0 Å². The lowest BCUT2D eigenvalue weighted by Crippen LogP contribution is -2.20. The third kappa shape index (κ3) is 3.32. The van der Waals surface area contributed by atoms with E-state index in [0.717, 1.165) is 19.4 Å². The molecule has 2 heterocycles. The molecule has 1 fully saturated rings. The molecule has 0 spiro atoms. The van der Waals surface area contributed by atoms with Gasteiger partial charge in [-0.25, -0.2) is 4.98 Å². The van der Waals surface area contributed by atoms with E-state index in [1.807, 2.05) is 0 Å². The summed E-state index contributed by atoms with van der Waals surface area (Å²) in [5.74, 6) is 0.607. The van der Waals surface area contributed by atoms with Crippen molar-refractivity contribution in [1.29, 1.82) is 0 Å². The lowest BCUT2D eigenvalue weighted by molar-refractivity contribution is -0.385. The van der Waals surface area contributed by atoms with Crippen LogP contribution in [-0.4, -0.2) is 40.8 Å². The van der Waals surface area contributed by atoms with Crippen LogP contribution in [0.2, 0.25) is 0 Å². The van der Waals surface area contributed by atoms with Crippen molar-refractivity contribution in [2.45, 2.75) is 32.8 Å². The zero-order chi connectivity index (χ0) is 14.5. The Labute approximate surface area is 116 Å². The van der Waals surface area contributed by atoms with Crippen LogP contribution in [0.1, 0.15) is 25.6 Å². The highest BCUT2D eigenvalue weighted by Crippen LogP contribution is 2.32. The summed E-state index contributed by atoms with van der Waals surface area (Å²) in [4.78, 5) is 18.8. The molecule has 0 amide bonds. The first-order chi connectivity index (χ1) is 9.61. The highest BCUT2D eigenvalue weighted by molar-refractivity contribution is 5.61. The van der Waals surface area contributed by atoms with Gasteiger partial charge in [-0.15, -0.1) is 0 Å². The van der Waals surface area contributed by atoms with Crippen molar-refractivity contribution < 1.29 is 14.4 Å². The molecule has 1 aliphatic heterocycles. The highest BCUT2D eigenvalue weighted by Gasteiger charge is 2.26. The van der Waals surface area contributed by atoms with E-state index in [2.05, 4.69) is 15.3 Å². The van der Waals surface area contributed by atoms with Gasteiger partial charge in [0, 0.05) is 13.2 Å². The zero-order valence-electron chi connectivity index (χ0n) is 11.6. The van der Waals surface area contributed by atoms with Crippen LogP contribution in [0.25, 0.3) is 0 Å². The second-order valence-corrected chi connectivity index (χ2v) is 4.48. The summed E-state index contributed by atoms with van der Waals surface area (Å²) in [5, 5.41) is 14.2. The Kier molecular flexibility index (Phi) is 4.67. The SMILES string of the molecule is CCOc1nc(C)nc(NCC2CCCO2)c1[N+](=O)[O-]. The van der Waals surface area contributed by atoms with E-state index in [4.69, 9.17) is 9.47 Å². The van der Waals surface area contributed by atoms with Gasteiger partial charge < -0.3 is 14.8 Å². The van der Waals surface area contributed by atoms with E-state index in [9.17, 15) is 10.1 Å². The van der Waals surface area contributed by atoms with E-state index in [0.29, 0.717) is 19.0 Å². The van der Waals surface area contributed by atoms with Gasteiger partial charge in [-0.05, 0) is 26.7 Å². The van der Waals surface area contributed by atoms with Gasteiger partial charge in [0.15, 0.2) is 0 Å². The molecule has 1 saturated heterocycles. The molecular weight excluding hydrogens is 264 g/mol. The third-order valence-electron chi connectivity index (χ3n) is 2.95. The fourth-order valence-electron chi connectivity index (χ4n) is 2.08. The van der Waals surface area contributed by atoms with Crippen molar-refractivity contribution in [3.8, 4) is 5.88 Å². The molecule has 8 heteroatoms. The number of hydrogen-bond donors (Lipinski definition) is 1. The van der Waals surface area contributed by atoms with Crippen LogP contribution in [0.15, 0.2) is 0 Å². The van der Waals surface area contributed by atoms with Gasteiger partial charge in [0.2, 0.25) is 5.82 Å². The number of hydrogen-bond acceptors (Lipinski definition) is 7. The molecule has 2 rings (SSSR count). The summed E-state index contributed by atoms with van der Waals surface area (Å²) in [6.07, 6.45) is 2.03. The molecule has 8 nitrogen and oxygen atoms in total.